The number of amides is 3. The summed E-state index contributed by atoms with van der Waals surface area (Å²) >= 11 is 0. The quantitative estimate of drug-likeness (QED) is 0.522. The number of carbonyl (C=O) groups excluding carboxylic acids is 2. The Hall–Kier alpha value is -2.58. The molecule has 19 heavy (non-hydrogen) atoms. The van der Waals surface area contributed by atoms with Gasteiger partial charge in [0.05, 0.1) is 30.8 Å². The molecular formula is C10H13N5O4. The molecule has 0 saturated carbocycles. The van der Waals surface area contributed by atoms with Gasteiger partial charge < -0.3 is 26.0 Å². The van der Waals surface area contributed by atoms with E-state index in [1.54, 1.807) is 0 Å². The van der Waals surface area contributed by atoms with Gasteiger partial charge in [0.2, 0.25) is 5.91 Å². The van der Waals surface area contributed by atoms with E-state index in [2.05, 4.69) is 15.3 Å². The van der Waals surface area contributed by atoms with Crippen molar-refractivity contribution >= 4 is 17.9 Å². The number of aromatic nitrogens is 2. The first-order chi connectivity index (χ1) is 8.99. The fourth-order valence-electron chi connectivity index (χ4n) is 1.93. The van der Waals surface area contributed by atoms with Gasteiger partial charge in [0.1, 0.15) is 6.04 Å². The second-order valence-corrected chi connectivity index (χ2v) is 4.14. The van der Waals surface area contributed by atoms with Gasteiger partial charge in [0, 0.05) is 6.42 Å². The van der Waals surface area contributed by atoms with Crippen molar-refractivity contribution in [2.24, 2.45) is 5.73 Å². The van der Waals surface area contributed by atoms with Gasteiger partial charge in [-0.2, -0.15) is 0 Å². The highest BCUT2D eigenvalue weighted by molar-refractivity contribution is 5.86. The van der Waals surface area contributed by atoms with Crippen LogP contribution in [-0.2, 0) is 22.6 Å². The smallest absolute Gasteiger partial charge is 0.326 e. The number of carbonyl (C=O) groups is 3. The van der Waals surface area contributed by atoms with E-state index in [-0.39, 0.29) is 19.5 Å². The summed E-state index contributed by atoms with van der Waals surface area (Å²) in [6.07, 6.45) is 1.58. The van der Waals surface area contributed by atoms with Crippen LogP contribution in [0.1, 0.15) is 11.4 Å². The molecule has 0 aliphatic carbocycles. The van der Waals surface area contributed by atoms with Crippen LogP contribution < -0.4 is 11.1 Å². The third-order valence-corrected chi connectivity index (χ3v) is 2.86. The molecule has 0 spiro atoms. The lowest BCUT2D eigenvalue weighted by atomic mass is 10.0. The van der Waals surface area contributed by atoms with E-state index in [1.807, 2.05) is 0 Å². The number of primary amides is 1. The van der Waals surface area contributed by atoms with E-state index in [9.17, 15) is 14.4 Å². The molecule has 3 amide bonds. The summed E-state index contributed by atoms with van der Waals surface area (Å²) in [5.74, 6) is -1.82. The zero-order valence-electron chi connectivity index (χ0n) is 9.92. The Morgan fingerprint density at radius 2 is 2.32 bits per heavy atom. The van der Waals surface area contributed by atoms with Gasteiger partial charge in [-0.05, 0) is 0 Å². The Morgan fingerprint density at radius 1 is 1.58 bits per heavy atom. The lowest BCUT2D eigenvalue weighted by molar-refractivity contribution is -0.142. The number of fused-ring (bicyclic) bond motifs is 1. The van der Waals surface area contributed by atoms with Crippen LogP contribution in [0.2, 0.25) is 0 Å². The molecule has 0 saturated heterocycles. The minimum Gasteiger partial charge on any atom is -0.480 e. The van der Waals surface area contributed by atoms with Gasteiger partial charge in [-0.1, -0.05) is 0 Å². The van der Waals surface area contributed by atoms with Crippen LogP contribution >= 0.6 is 0 Å². The first-order valence-electron chi connectivity index (χ1n) is 5.55. The van der Waals surface area contributed by atoms with Crippen molar-refractivity contribution in [2.45, 2.75) is 19.0 Å². The monoisotopic (exact) mass is 267 g/mol. The molecule has 1 aromatic heterocycles. The molecule has 9 nitrogen and oxygen atoms in total. The second-order valence-electron chi connectivity index (χ2n) is 4.14. The van der Waals surface area contributed by atoms with Gasteiger partial charge in [0.25, 0.3) is 0 Å². The maximum absolute atomic E-state index is 11.9. The number of aliphatic carboxylic acids is 1. The summed E-state index contributed by atoms with van der Waals surface area (Å²) in [6.45, 7) is -0.242. The molecule has 1 aromatic rings. The van der Waals surface area contributed by atoms with Crippen LogP contribution in [-0.4, -0.2) is 50.5 Å². The molecule has 1 atom stereocenters. The van der Waals surface area contributed by atoms with Crippen molar-refractivity contribution in [1.82, 2.24) is 20.2 Å². The first kappa shape index (κ1) is 12.9. The number of nitrogens with one attached hydrogen (secondary N) is 2. The summed E-state index contributed by atoms with van der Waals surface area (Å²) in [4.78, 5) is 41.6. The van der Waals surface area contributed by atoms with E-state index in [0.29, 0.717) is 11.4 Å². The number of hydrogen-bond donors (Lipinski definition) is 4. The summed E-state index contributed by atoms with van der Waals surface area (Å²) in [5, 5.41) is 11.4. The molecule has 1 aliphatic heterocycles. The second kappa shape index (κ2) is 4.96. The van der Waals surface area contributed by atoms with Crippen molar-refractivity contribution in [3.8, 4) is 0 Å². The number of nitrogens with two attached hydrogens (primary N) is 1. The van der Waals surface area contributed by atoms with Crippen LogP contribution in [0.3, 0.4) is 0 Å². The molecule has 0 fully saturated rings. The largest absolute Gasteiger partial charge is 0.480 e. The minimum absolute atomic E-state index is 0.0941. The molecule has 0 aromatic carbocycles. The maximum Gasteiger partial charge on any atom is 0.326 e. The fraction of sp³-hybridized carbons (Fsp3) is 0.400. The standard InChI is InChI=1S/C10H13N5O4/c11-8(16)2-12-10(19)15-3-6-5(13-4-14-6)1-7(15)9(17)18/h4,7H,1-3H2,(H2,11,16)(H,12,19)(H,13,14)(H,17,18). The van der Waals surface area contributed by atoms with Crippen molar-refractivity contribution in [3.63, 3.8) is 0 Å². The highest BCUT2D eigenvalue weighted by atomic mass is 16.4. The Labute approximate surface area is 107 Å². The predicted molar refractivity (Wildman–Crippen MR) is 61.9 cm³/mol. The average Bonchev–Trinajstić information content (AvgIpc) is 2.81. The molecule has 0 radical (unpaired) electrons. The number of nitrogens with zero attached hydrogens (tertiary/aromatic N) is 2. The van der Waals surface area contributed by atoms with Crippen LogP contribution in [0, 0.1) is 0 Å². The van der Waals surface area contributed by atoms with E-state index in [1.165, 1.54) is 6.33 Å². The molecular weight excluding hydrogens is 254 g/mol. The third kappa shape index (κ3) is 2.64. The Balaban J connectivity index is 2.15. The summed E-state index contributed by atoms with van der Waals surface area (Å²) in [7, 11) is 0. The maximum atomic E-state index is 11.9. The summed E-state index contributed by atoms with van der Waals surface area (Å²) < 4.78 is 0. The van der Waals surface area contributed by atoms with Gasteiger partial charge in [-0.3, -0.25) is 4.79 Å². The third-order valence-electron chi connectivity index (χ3n) is 2.86. The number of rotatable bonds is 3. The molecule has 1 unspecified atom stereocenters. The van der Waals surface area contributed by atoms with Gasteiger partial charge in [-0.25, -0.2) is 14.6 Å². The van der Waals surface area contributed by atoms with Crippen molar-refractivity contribution in [3.05, 3.63) is 17.7 Å². The highest BCUT2D eigenvalue weighted by Gasteiger charge is 2.35. The fourth-order valence-corrected chi connectivity index (χ4v) is 1.93. The Kier molecular flexibility index (Phi) is 3.36. The normalized spacial score (nSPS) is 17.7. The number of carboxylic acid groups (broad SMARTS) is 1. The Morgan fingerprint density at radius 3 is 2.95 bits per heavy atom. The predicted octanol–water partition coefficient (Wildman–Crippen LogP) is -1.58. The van der Waals surface area contributed by atoms with Gasteiger partial charge >= 0.3 is 12.0 Å². The molecule has 102 valence electrons. The van der Waals surface area contributed by atoms with Gasteiger partial charge in [0.15, 0.2) is 0 Å². The van der Waals surface area contributed by atoms with Crippen LogP contribution in [0.15, 0.2) is 6.33 Å². The van der Waals surface area contributed by atoms with E-state index in [4.69, 9.17) is 10.8 Å². The van der Waals surface area contributed by atoms with Crippen molar-refractivity contribution in [1.29, 1.82) is 0 Å². The van der Waals surface area contributed by atoms with Crippen LogP contribution in [0.4, 0.5) is 4.79 Å². The number of hydrogen-bond acceptors (Lipinski definition) is 4. The molecule has 5 N–H and O–H groups in total. The lowest BCUT2D eigenvalue weighted by Crippen LogP contribution is -2.53. The number of imidazole rings is 1. The molecule has 2 rings (SSSR count). The summed E-state index contributed by atoms with van der Waals surface area (Å²) in [5.41, 5.74) is 6.24. The first-order valence-corrected chi connectivity index (χ1v) is 5.55. The van der Waals surface area contributed by atoms with Crippen molar-refractivity contribution in [2.75, 3.05) is 6.54 Å². The Bertz CT molecular complexity index is 526. The molecule has 9 heteroatoms. The van der Waals surface area contributed by atoms with Gasteiger partial charge in [-0.15, -0.1) is 0 Å². The van der Waals surface area contributed by atoms with E-state index < -0.39 is 23.9 Å². The van der Waals surface area contributed by atoms with Crippen LogP contribution in [0.5, 0.6) is 0 Å². The highest BCUT2D eigenvalue weighted by Crippen LogP contribution is 2.20. The zero-order valence-corrected chi connectivity index (χ0v) is 9.92. The minimum atomic E-state index is -1.12. The van der Waals surface area contributed by atoms with E-state index >= 15 is 0 Å². The molecule has 1 aliphatic rings. The molecule has 0 bridgehead atoms. The number of aromatic amines is 1. The SMILES string of the molecule is NC(=O)CNC(=O)N1Cc2[nH]cnc2CC1C(=O)O. The number of urea groups is 1. The zero-order chi connectivity index (χ0) is 14.0. The number of carboxylic acids is 1. The topological polar surface area (TPSA) is 141 Å². The lowest BCUT2D eigenvalue weighted by Gasteiger charge is -2.32. The summed E-state index contributed by atoms with van der Waals surface area (Å²) in [6, 6.07) is -1.66. The average molecular weight is 267 g/mol. The van der Waals surface area contributed by atoms with Crippen molar-refractivity contribution < 1.29 is 19.5 Å². The molecule has 2 heterocycles. The number of H-pyrrole nitrogens is 1. The van der Waals surface area contributed by atoms with Crippen LogP contribution in [0.25, 0.3) is 0 Å². The van der Waals surface area contributed by atoms with E-state index in [0.717, 1.165) is 4.90 Å².